The van der Waals surface area contributed by atoms with Crippen molar-refractivity contribution in [3.8, 4) is 0 Å². The van der Waals surface area contributed by atoms with Crippen molar-refractivity contribution < 1.29 is 15.0 Å². The van der Waals surface area contributed by atoms with Crippen molar-refractivity contribution >= 4 is 5.91 Å². The van der Waals surface area contributed by atoms with Crippen molar-refractivity contribution in [3.63, 3.8) is 0 Å². The predicted molar refractivity (Wildman–Crippen MR) is 230 cm³/mol. The molecule has 0 aliphatic heterocycles. The number of rotatable bonds is 37. The van der Waals surface area contributed by atoms with Crippen molar-refractivity contribution in [1.29, 1.82) is 0 Å². The molecule has 0 aliphatic rings. The molecule has 3 N–H and O–H groups in total. The van der Waals surface area contributed by atoms with Gasteiger partial charge in [-0.25, -0.2) is 0 Å². The second-order valence-corrected chi connectivity index (χ2v) is 14.0. The number of hydrogen-bond acceptors (Lipinski definition) is 3. The lowest BCUT2D eigenvalue weighted by Crippen LogP contribution is -2.45. The van der Waals surface area contributed by atoms with Crippen LogP contribution in [0.25, 0.3) is 0 Å². The highest BCUT2D eigenvalue weighted by Gasteiger charge is 2.17. The van der Waals surface area contributed by atoms with Gasteiger partial charge in [0.25, 0.3) is 0 Å². The third-order valence-electron chi connectivity index (χ3n) is 9.05. The van der Waals surface area contributed by atoms with Crippen molar-refractivity contribution in [3.05, 3.63) is 97.2 Å². The Balaban J connectivity index is 3.57. The quantitative estimate of drug-likeness (QED) is 0.0442. The monoisotopic (exact) mass is 720 g/mol. The molecular formula is C48H81NO3. The van der Waals surface area contributed by atoms with Crippen LogP contribution in [0.5, 0.6) is 0 Å². The molecule has 0 aliphatic carbocycles. The van der Waals surface area contributed by atoms with Crippen LogP contribution in [0.1, 0.15) is 181 Å². The summed E-state index contributed by atoms with van der Waals surface area (Å²) in [5.74, 6) is -0.0844. The van der Waals surface area contributed by atoms with Gasteiger partial charge in [-0.3, -0.25) is 4.79 Å². The molecule has 2 unspecified atom stereocenters. The van der Waals surface area contributed by atoms with Gasteiger partial charge in [-0.05, 0) is 83.5 Å². The Labute approximate surface area is 322 Å². The van der Waals surface area contributed by atoms with Crippen LogP contribution >= 0.6 is 0 Å². The number of carbonyl (C=O) groups is 1. The Morgan fingerprint density at radius 2 is 0.865 bits per heavy atom. The van der Waals surface area contributed by atoms with Crippen molar-refractivity contribution in [2.45, 2.75) is 193 Å². The van der Waals surface area contributed by atoms with Crippen molar-refractivity contribution in [1.82, 2.24) is 5.32 Å². The van der Waals surface area contributed by atoms with E-state index < -0.39 is 12.1 Å². The van der Waals surface area contributed by atoms with E-state index in [1.165, 1.54) is 89.9 Å². The fraction of sp³-hybridized carbons (Fsp3) is 0.646. The van der Waals surface area contributed by atoms with E-state index in [9.17, 15) is 15.0 Å². The van der Waals surface area contributed by atoms with E-state index in [1.807, 2.05) is 6.08 Å². The van der Waals surface area contributed by atoms with Gasteiger partial charge in [-0.15, -0.1) is 0 Å². The summed E-state index contributed by atoms with van der Waals surface area (Å²) in [7, 11) is 0. The minimum atomic E-state index is -0.865. The second-order valence-electron chi connectivity index (χ2n) is 14.0. The van der Waals surface area contributed by atoms with E-state index >= 15 is 0 Å². The lowest BCUT2D eigenvalue weighted by Gasteiger charge is -2.19. The Kier molecular flexibility index (Phi) is 40.5. The molecule has 296 valence electrons. The van der Waals surface area contributed by atoms with Crippen LogP contribution in [0, 0.1) is 0 Å². The highest BCUT2D eigenvalue weighted by atomic mass is 16.3. The summed E-state index contributed by atoms with van der Waals surface area (Å²) in [6, 6.07) is -0.643. The van der Waals surface area contributed by atoms with Crippen LogP contribution in [-0.2, 0) is 4.79 Å². The maximum atomic E-state index is 12.3. The average Bonchev–Trinajstić information content (AvgIpc) is 3.15. The minimum Gasteiger partial charge on any atom is -0.394 e. The molecule has 4 heteroatoms. The molecule has 1 amide bonds. The molecule has 0 saturated heterocycles. The Morgan fingerprint density at radius 3 is 1.35 bits per heavy atom. The molecule has 0 rings (SSSR count). The molecule has 2 atom stereocenters. The van der Waals surface area contributed by atoms with E-state index in [0.29, 0.717) is 6.42 Å². The SMILES string of the molecule is CC/C=C\C/C=C\C/C=C\C/C=C\C/C=C\C/C=C\CCCCCCCCCCCCCCC(=O)NC(CO)C(O)/C=C/CC/C=C/CCCCC. The molecule has 0 fully saturated rings. The Bertz CT molecular complexity index is 999. The van der Waals surface area contributed by atoms with Gasteiger partial charge in [0.1, 0.15) is 0 Å². The molecule has 52 heavy (non-hydrogen) atoms. The third-order valence-corrected chi connectivity index (χ3v) is 9.05. The van der Waals surface area contributed by atoms with E-state index in [-0.39, 0.29) is 12.5 Å². The number of unbranched alkanes of at least 4 members (excludes halogenated alkanes) is 16. The van der Waals surface area contributed by atoms with Crippen LogP contribution in [0.2, 0.25) is 0 Å². The molecule has 0 heterocycles. The summed E-state index contributed by atoms with van der Waals surface area (Å²) in [6.45, 7) is 4.11. The average molecular weight is 720 g/mol. The zero-order valence-corrected chi connectivity index (χ0v) is 33.8. The number of nitrogens with one attached hydrogen (secondary N) is 1. The first-order valence-corrected chi connectivity index (χ1v) is 21.5. The second kappa shape index (κ2) is 42.7. The predicted octanol–water partition coefficient (Wildman–Crippen LogP) is 13.5. The zero-order valence-electron chi connectivity index (χ0n) is 33.8. The number of allylic oxidation sites excluding steroid dienone is 15. The van der Waals surface area contributed by atoms with Crippen LogP contribution in [-0.4, -0.2) is 34.9 Å². The van der Waals surface area contributed by atoms with E-state index in [2.05, 4.69) is 104 Å². The summed E-state index contributed by atoms with van der Waals surface area (Å²) < 4.78 is 0. The molecule has 0 aromatic carbocycles. The molecule has 0 saturated carbocycles. The first-order chi connectivity index (χ1) is 25.7. The van der Waals surface area contributed by atoms with Gasteiger partial charge < -0.3 is 15.5 Å². The maximum Gasteiger partial charge on any atom is 0.220 e. The van der Waals surface area contributed by atoms with Crippen molar-refractivity contribution in [2.24, 2.45) is 0 Å². The van der Waals surface area contributed by atoms with E-state index in [1.54, 1.807) is 6.08 Å². The van der Waals surface area contributed by atoms with Gasteiger partial charge >= 0.3 is 0 Å². The van der Waals surface area contributed by atoms with E-state index in [4.69, 9.17) is 0 Å². The number of carbonyl (C=O) groups excluding carboxylic acids is 1. The number of aliphatic hydroxyl groups is 2. The Morgan fingerprint density at radius 1 is 0.481 bits per heavy atom. The molecule has 0 spiro atoms. The fourth-order valence-electron chi connectivity index (χ4n) is 5.78. The van der Waals surface area contributed by atoms with Crippen LogP contribution < -0.4 is 5.32 Å². The van der Waals surface area contributed by atoms with E-state index in [0.717, 1.165) is 70.6 Å². The molecule has 0 bridgehead atoms. The van der Waals surface area contributed by atoms with Gasteiger partial charge in [0.2, 0.25) is 5.91 Å². The Hall–Kier alpha value is -2.69. The van der Waals surface area contributed by atoms with Gasteiger partial charge in [-0.1, -0.05) is 188 Å². The van der Waals surface area contributed by atoms with Gasteiger partial charge in [0, 0.05) is 6.42 Å². The molecule has 0 aromatic heterocycles. The summed E-state index contributed by atoms with van der Waals surface area (Å²) >= 11 is 0. The zero-order chi connectivity index (χ0) is 37.8. The highest BCUT2D eigenvalue weighted by molar-refractivity contribution is 5.76. The molecule has 4 nitrogen and oxygen atoms in total. The van der Waals surface area contributed by atoms with Gasteiger partial charge in [-0.2, -0.15) is 0 Å². The minimum absolute atomic E-state index is 0.0844. The van der Waals surface area contributed by atoms with Crippen LogP contribution in [0.15, 0.2) is 97.2 Å². The lowest BCUT2D eigenvalue weighted by molar-refractivity contribution is -0.123. The largest absolute Gasteiger partial charge is 0.394 e. The number of hydrogen-bond donors (Lipinski definition) is 3. The molecular weight excluding hydrogens is 639 g/mol. The standard InChI is InChI=1S/C48H81NO3/c1-3-5-7-9-11-13-14-15-16-17-18-19-20-21-22-23-24-25-26-27-28-29-30-31-32-33-34-36-38-40-42-44-48(52)49-46(45-50)47(51)43-41-39-37-35-12-10-8-6-4-2/h5,7,11-13,15-16,18-19,21-22,24-25,35,41,43,46-47,50-51H,3-4,6,8-10,14,17,20,23,26-34,36-40,42,44-45H2,1-2H3,(H,49,52)/b7-5-,13-11-,16-15-,19-18-,22-21-,25-24-,35-12+,43-41+. The number of aliphatic hydroxyl groups excluding tert-OH is 2. The third kappa shape index (κ3) is 38.5. The topological polar surface area (TPSA) is 69.6 Å². The van der Waals surface area contributed by atoms with Gasteiger partial charge in [0.05, 0.1) is 18.8 Å². The maximum absolute atomic E-state index is 12.3. The van der Waals surface area contributed by atoms with Gasteiger partial charge in [0.15, 0.2) is 0 Å². The summed E-state index contributed by atoms with van der Waals surface area (Å²) in [6.07, 6.45) is 63.8. The molecule has 0 radical (unpaired) electrons. The lowest BCUT2D eigenvalue weighted by atomic mass is 10.0. The first kappa shape index (κ1) is 49.3. The fourth-order valence-corrected chi connectivity index (χ4v) is 5.78. The summed E-state index contributed by atoms with van der Waals surface area (Å²) in [5.41, 5.74) is 0. The smallest absolute Gasteiger partial charge is 0.220 e. The summed E-state index contributed by atoms with van der Waals surface area (Å²) in [4.78, 5) is 12.3. The highest BCUT2D eigenvalue weighted by Crippen LogP contribution is 2.13. The molecule has 0 aromatic rings. The normalized spacial score (nSPS) is 14.0. The first-order valence-electron chi connectivity index (χ1n) is 21.5. The van der Waals surface area contributed by atoms with Crippen molar-refractivity contribution in [2.75, 3.05) is 6.61 Å². The van der Waals surface area contributed by atoms with Crippen LogP contribution in [0.4, 0.5) is 0 Å². The van der Waals surface area contributed by atoms with Crippen LogP contribution in [0.3, 0.4) is 0 Å². The number of amides is 1. The summed E-state index contributed by atoms with van der Waals surface area (Å²) in [5, 5.41) is 22.8.